The smallest absolute Gasteiger partial charge is 0.295 e. The van der Waals surface area contributed by atoms with Crippen LogP contribution in [0.5, 0.6) is 17.2 Å². The lowest BCUT2D eigenvalue weighted by Gasteiger charge is -2.25. The number of ether oxygens (including phenoxy) is 3. The summed E-state index contributed by atoms with van der Waals surface area (Å²) in [6, 6.07) is 14.8. The van der Waals surface area contributed by atoms with E-state index in [9.17, 15) is 24.8 Å². The molecule has 210 valence electrons. The summed E-state index contributed by atoms with van der Waals surface area (Å²) in [7, 11) is 4.45. The Morgan fingerprint density at radius 3 is 2.46 bits per heavy atom. The standard InChI is InChI=1S/C30H27N3O8/c1-39-19-9-10-22-21(15-19)18(16-31-22)12-13-32-27(20-6-4-5-7-23(20)33(37)38)26(29(35)30(32)36)28(34)17-8-11-24(40-2)25(14-17)41-3/h4-11,14-16,27,31,34H,12-13H2,1-3H3/t27-/m1/s1. The fraction of sp³-hybridized carbons (Fsp3) is 0.200. The molecule has 0 bridgehead atoms. The van der Waals surface area contributed by atoms with Gasteiger partial charge in [-0.05, 0) is 54.4 Å². The van der Waals surface area contributed by atoms with E-state index in [-0.39, 0.29) is 28.9 Å². The van der Waals surface area contributed by atoms with Gasteiger partial charge in [0.2, 0.25) is 0 Å². The normalized spacial score (nSPS) is 16.3. The third-order valence-corrected chi connectivity index (χ3v) is 7.22. The van der Waals surface area contributed by atoms with Gasteiger partial charge in [-0.3, -0.25) is 19.7 Å². The van der Waals surface area contributed by atoms with Crippen molar-refractivity contribution < 1.29 is 33.8 Å². The number of carbonyl (C=O) groups is 2. The molecule has 11 heteroatoms. The van der Waals surface area contributed by atoms with Crippen LogP contribution >= 0.6 is 0 Å². The predicted octanol–water partition coefficient (Wildman–Crippen LogP) is 4.77. The molecule has 0 unspecified atom stereocenters. The van der Waals surface area contributed by atoms with Crippen molar-refractivity contribution in [2.24, 2.45) is 0 Å². The number of benzene rings is 3. The van der Waals surface area contributed by atoms with E-state index in [1.165, 1.54) is 49.5 Å². The molecule has 0 radical (unpaired) electrons. The van der Waals surface area contributed by atoms with Crippen LogP contribution in [0.25, 0.3) is 16.7 Å². The van der Waals surface area contributed by atoms with Gasteiger partial charge in [-0.2, -0.15) is 0 Å². The van der Waals surface area contributed by atoms with E-state index in [4.69, 9.17) is 14.2 Å². The van der Waals surface area contributed by atoms with E-state index < -0.39 is 28.4 Å². The molecule has 1 aromatic heterocycles. The molecule has 1 saturated heterocycles. The van der Waals surface area contributed by atoms with Crippen LogP contribution in [0, 0.1) is 10.1 Å². The number of aliphatic hydroxyl groups excluding tert-OH is 1. The Morgan fingerprint density at radius 1 is 1.00 bits per heavy atom. The Bertz CT molecular complexity index is 1710. The number of hydrogen-bond donors (Lipinski definition) is 2. The van der Waals surface area contributed by atoms with Crippen LogP contribution in [0.3, 0.4) is 0 Å². The van der Waals surface area contributed by atoms with E-state index >= 15 is 0 Å². The minimum atomic E-state index is -1.20. The van der Waals surface area contributed by atoms with Crippen LogP contribution in [-0.2, 0) is 16.0 Å². The number of aromatic nitrogens is 1. The lowest BCUT2D eigenvalue weighted by atomic mass is 9.94. The Morgan fingerprint density at radius 2 is 1.76 bits per heavy atom. The quantitative estimate of drug-likeness (QED) is 0.0985. The number of nitro groups is 1. The second-order valence-electron chi connectivity index (χ2n) is 9.35. The topological polar surface area (TPSA) is 144 Å². The summed E-state index contributed by atoms with van der Waals surface area (Å²) in [4.78, 5) is 42.8. The molecule has 1 amide bonds. The van der Waals surface area contributed by atoms with Crippen molar-refractivity contribution in [3.63, 3.8) is 0 Å². The number of amides is 1. The average Bonchev–Trinajstić information content (AvgIpc) is 3.51. The second kappa shape index (κ2) is 11.0. The first-order valence-electron chi connectivity index (χ1n) is 12.7. The first-order chi connectivity index (χ1) is 19.8. The van der Waals surface area contributed by atoms with E-state index in [0.29, 0.717) is 23.7 Å². The molecule has 1 atom stereocenters. The molecule has 41 heavy (non-hydrogen) atoms. The van der Waals surface area contributed by atoms with Crippen molar-refractivity contribution in [2.45, 2.75) is 12.5 Å². The number of nitro benzene ring substituents is 1. The monoisotopic (exact) mass is 557 g/mol. The number of fused-ring (bicyclic) bond motifs is 1. The number of carbonyl (C=O) groups excluding carboxylic acids is 2. The van der Waals surface area contributed by atoms with Crippen LogP contribution in [0.1, 0.15) is 22.7 Å². The molecule has 0 aliphatic carbocycles. The Labute approximate surface area is 234 Å². The van der Waals surface area contributed by atoms with E-state index in [0.717, 1.165) is 16.5 Å². The summed E-state index contributed by atoms with van der Waals surface area (Å²) in [5.74, 6) is -0.938. The number of methoxy groups -OCH3 is 3. The number of likely N-dealkylation sites (tertiary alicyclic amines) is 1. The maximum atomic E-state index is 13.5. The minimum absolute atomic E-state index is 0.0498. The molecule has 2 heterocycles. The zero-order valence-electron chi connectivity index (χ0n) is 22.5. The third kappa shape index (κ3) is 4.82. The van der Waals surface area contributed by atoms with Crippen molar-refractivity contribution in [2.75, 3.05) is 27.9 Å². The molecule has 11 nitrogen and oxygen atoms in total. The largest absolute Gasteiger partial charge is 0.507 e. The molecule has 1 aliphatic rings. The number of para-hydroxylation sites is 1. The Hall–Kier alpha value is -5.32. The van der Waals surface area contributed by atoms with Gasteiger partial charge in [0.05, 0.1) is 43.4 Å². The number of ketones is 1. The number of nitrogens with one attached hydrogen (secondary N) is 1. The molecule has 3 aromatic carbocycles. The molecule has 1 fully saturated rings. The molecule has 4 aromatic rings. The summed E-state index contributed by atoms with van der Waals surface area (Å²) in [6.45, 7) is 0.0498. The van der Waals surface area contributed by atoms with Gasteiger partial charge in [-0.1, -0.05) is 12.1 Å². The number of Topliss-reactive ketones (excluding diaryl/α,β-unsaturated/α-hetero) is 1. The van der Waals surface area contributed by atoms with Crippen molar-refractivity contribution in [3.05, 3.63) is 99.2 Å². The van der Waals surface area contributed by atoms with Gasteiger partial charge < -0.3 is 29.2 Å². The van der Waals surface area contributed by atoms with Gasteiger partial charge >= 0.3 is 0 Å². The number of hydrogen-bond acceptors (Lipinski definition) is 8. The first-order valence-corrected chi connectivity index (χ1v) is 12.7. The van der Waals surface area contributed by atoms with E-state index in [2.05, 4.69) is 4.98 Å². The van der Waals surface area contributed by atoms with E-state index in [1.807, 2.05) is 24.4 Å². The van der Waals surface area contributed by atoms with Crippen molar-refractivity contribution in [1.82, 2.24) is 9.88 Å². The number of H-pyrrole nitrogens is 1. The highest BCUT2D eigenvalue weighted by Gasteiger charge is 2.48. The molecule has 0 spiro atoms. The van der Waals surface area contributed by atoms with Crippen molar-refractivity contribution >= 4 is 34.0 Å². The summed E-state index contributed by atoms with van der Waals surface area (Å²) in [6.07, 6.45) is 2.14. The third-order valence-electron chi connectivity index (χ3n) is 7.22. The SMILES string of the molecule is COc1ccc2[nH]cc(CCN3C(=O)C(=O)C(=C(O)c4ccc(OC)c(OC)c4)[C@H]3c3ccccc3[N+](=O)[O-])c2c1. The summed E-state index contributed by atoms with van der Waals surface area (Å²) in [5.41, 5.74) is 1.50. The predicted molar refractivity (Wildman–Crippen MR) is 150 cm³/mol. The molecule has 0 saturated carbocycles. The fourth-order valence-corrected chi connectivity index (χ4v) is 5.19. The molecular weight excluding hydrogens is 530 g/mol. The molecule has 1 aliphatic heterocycles. The Balaban J connectivity index is 1.62. The van der Waals surface area contributed by atoms with Crippen molar-refractivity contribution in [3.8, 4) is 17.2 Å². The lowest BCUT2D eigenvalue weighted by molar-refractivity contribution is -0.385. The summed E-state index contributed by atoms with van der Waals surface area (Å²) in [5, 5.41) is 24.3. The Kier molecular flexibility index (Phi) is 7.34. The van der Waals surface area contributed by atoms with Crippen LogP contribution in [0.4, 0.5) is 5.69 Å². The number of nitrogens with zero attached hydrogens (tertiary/aromatic N) is 2. The van der Waals surface area contributed by atoms with Gasteiger partial charge in [-0.15, -0.1) is 0 Å². The van der Waals surface area contributed by atoms with Gasteiger partial charge in [0.25, 0.3) is 17.4 Å². The van der Waals surface area contributed by atoms with E-state index in [1.54, 1.807) is 19.2 Å². The lowest BCUT2D eigenvalue weighted by Crippen LogP contribution is -2.32. The number of rotatable bonds is 9. The number of aliphatic hydroxyl groups is 1. The highest BCUT2D eigenvalue weighted by Crippen LogP contribution is 2.43. The second-order valence-corrected chi connectivity index (χ2v) is 9.35. The van der Waals surface area contributed by atoms with Crippen LogP contribution in [-0.4, -0.2) is 59.5 Å². The van der Waals surface area contributed by atoms with Gasteiger partial charge in [0.15, 0.2) is 11.5 Å². The van der Waals surface area contributed by atoms with Gasteiger partial charge in [0.1, 0.15) is 11.5 Å². The van der Waals surface area contributed by atoms with Gasteiger partial charge in [-0.25, -0.2) is 0 Å². The molecule has 2 N–H and O–H groups in total. The molecular formula is C30H27N3O8. The fourth-order valence-electron chi connectivity index (χ4n) is 5.19. The maximum absolute atomic E-state index is 13.5. The van der Waals surface area contributed by atoms with Gasteiger partial charge in [0, 0.05) is 35.3 Å². The minimum Gasteiger partial charge on any atom is -0.507 e. The van der Waals surface area contributed by atoms with Crippen LogP contribution in [0.2, 0.25) is 0 Å². The molecule has 5 rings (SSSR count). The average molecular weight is 558 g/mol. The van der Waals surface area contributed by atoms with Crippen LogP contribution < -0.4 is 14.2 Å². The highest BCUT2D eigenvalue weighted by atomic mass is 16.6. The first kappa shape index (κ1) is 27.3. The number of aromatic amines is 1. The highest BCUT2D eigenvalue weighted by molar-refractivity contribution is 6.46. The van der Waals surface area contributed by atoms with Crippen molar-refractivity contribution in [1.29, 1.82) is 0 Å². The zero-order valence-corrected chi connectivity index (χ0v) is 22.5. The zero-order chi connectivity index (χ0) is 29.3. The maximum Gasteiger partial charge on any atom is 0.295 e. The summed E-state index contributed by atoms with van der Waals surface area (Å²) >= 11 is 0. The summed E-state index contributed by atoms with van der Waals surface area (Å²) < 4.78 is 15.9. The van der Waals surface area contributed by atoms with Crippen LogP contribution in [0.15, 0.2) is 72.4 Å².